The molecular formula is C20H19N3O4. The maximum atomic E-state index is 12.8. The number of carbonyl (C=O) groups excluding carboxylic acids is 3. The van der Waals surface area contributed by atoms with Crippen LogP contribution >= 0.6 is 0 Å². The van der Waals surface area contributed by atoms with Crippen LogP contribution in [0.2, 0.25) is 0 Å². The van der Waals surface area contributed by atoms with E-state index in [4.69, 9.17) is 4.42 Å². The second-order valence-corrected chi connectivity index (χ2v) is 6.00. The number of hydrogen-bond acceptors (Lipinski definition) is 4. The highest BCUT2D eigenvalue weighted by Gasteiger charge is 2.24. The summed E-state index contributed by atoms with van der Waals surface area (Å²) in [7, 11) is 0. The zero-order chi connectivity index (χ0) is 19.4. The molecule has 27 heavy (non-hydrogen) atoms. The molecule has 3 aromatic rings. The van der Waals surface area contributed by atoms with Gasteiger partial charge in [0.05, 0.1) is 6.54 Å². The van der Waals surface area contributed by atoms with Crippen molar-refractivity contribution in [1.29, 1.82) is 0 Å². The van der Waals surface area contributed by atoms with Crippen LogP contribution in [-0.4, -0.2) is 22.7 Å². The van der Waals surface area contributed by atoms with Gasteiger partial charge in [0.2, 0.25) is 11.8 Å². The third-order valence-electron chi connectivity index (χ3n) is 3.92. The van der Waals surface area contributed by atoms with E-state index in [1.54, 1.807) is 30.3 Å². The van der Waals surface area contributed by atoms with Gasteiger partial charge in [-0.2, -0.15) is 0 Å². The first kappa shape index (κ1) is 18.2. The molecule has 0 bridgehead atoms. The first-order chi connectivity index (χ1) is 13.0. The van der Waals surface area contributed by atoms with Gasteiger partial charge in [-0.25, -0.2) is 5.01 Å². The predicted molar refractivity (Wildman–Crippen MR) is 101 cm³/mol. The van der Waals surface area contributed by atoms with Crippen LogP contribution in [0, 0.1) is 0 Å². The molecule has 3 rings (SSSR count). The molecule has 0 fully saturated rings. The van der Waals surface area contributed by atoms with Crippen molar-refractivity contribution in [3.8, 4) is 0 Å². The Morgan fingerprint density at radius 3 is 2.30 bits per heavy atom. The quantitative estimate of drug-likeness (QED) is 0.695. The van der Waals surface area contributed by atoms with Crippen molar-refractivity contribution in [1.82, 2.24) is 10.4 Å². The molecule has 0 saturated heterocycles. The number of nitrogens with zero attached hydrogens (tertiary/aromatic N) is 1. The van der Waals surface area contributed by atoms with Crippen molar-refractivity contribution in [3.63, 3.8) is 0 Å². The highest BCUT2D eigenvalue weighted by atomic mass is 16.3. The molecule has 1 heterocycles. The van der Waals surface area contributed by atoms with Gasteiger partial charge in [0.25, 0.3) is 5.91 Å². The summed E-state index contributed by atoms with van der Waals surface area (Å²) in [5.74, 6) is -1.08. The lowest BCUT2D eigenvalue weighted by atomic mass is 10.1. The largest absolute Gasteiger partial charge is 0.451 e. The molecule has 0 aliphatic carbocycles. The molecule has 2 aromatic carbocycles. The van der Waals surface area contributed by atoms with Gasteiger partial charge in [-0.1, -0.05) is 36.4 Å². The van der Waals surface area contributed by atoms with Gasteiger partial charge in [-0.05, 0) is 18.2 Å². The Balaban J connectivity index is 1.99. The van der Waals surface area contributed by atoms with Gasteiger partial charge in [0.15, 0.2) is 5.76 Å². The van der Waals surface area contributed by atoms with Crippen molar-refractivity contribution in [3.05, 3.63) is 65.9 Å². The van der Waals surface area contributed by atoms with E-state index in [-0.39, 0.29) is 24.1 Å². The van der Waals surface area contributed by atoms with Gasteiger partial charge in [0, 0.05) is 30.5 Å². The molecule has 3 amide bonds. The minimum atomic E-state index is -0.432. The Kier molecular flexibility index (Phi) is 5.21. The smallest absolute Gasteiger partial charge is 0.291 e. The fourth-order valence-electron chi connectivity index (χ4n) is 2.73. The van der Waals surface area contributed by atoms with Gasteiger partial charge in [-0.3, -0.25) is 19.8 Å². The minimum Gasteiger partial charge on any atom is -0.451 e. The molecule has 0 unspecified atom stereocenters. The summed E-state index contributed by atoms with van der Waals surface area (Å²) in [6.45, 7) is 2.65. The number of anilines is 1. The zero-order valence-electron chi connectivity index (χ0n) is 15.0. The molecule has 0 atom stereocenters. The van der Waals surface area contributed by atoms with E-state index in [9.17, 15) is 14.4 Å². The fraction of sp³-hybridized carbons (Fsp3) is 0.150. The maximum Gasteiger partial charge on any atom is 0.291 e. The van der Waals surface area contributed by atoms with Crippen LogP contribution in [0.1, 0.15) is 30.0 Å². The molecule has 0 aliphatic heterocycles. The van der Waals surface area contributed by atoms with Crippen molar-refractivity contribution < 1.29 is 18.8 Å². The first-order valence-electron chi connectivity index (χ1n) is 8.38. The third kappa shape index (κ3) is 4.14. The summed E-state index contributed by atoms with van der Waals surface area (Å²) in [6.07, 6.45) is 0. The zero-order valence-corrected chi connectivity index (χ0v) is 15.0. The molecule has 0 saturated carbocycles. The van der Waals surface area contributed by atoms with Gasteiger partial charge in [0.1, 0.15) is 5.58 Å². The summed E-state index contributed by atoms with van der Waals surface area (Å²) in [5, 5.41) is 4.63. The van der Waals surface area contributed by atoms with Crippen LogP contribution in [0.25, 0.3) is 11.0 Å². The average molecular weight is 365 g/mol. The maximum absolute atomic E-state index is 12.8. The summed E-state index contributed by atoms with van der Waals surface area (Å²) < 4.78 is 5.76. The summed E-state index contributed by atoms with van der Waals surface area (Å²) in [6, 6.07) is 16.2. The Hall–Kier alpha value is -3.61. The second kappa shape index (κ2) is 7.74. The number of benzene rings is 2. The van der Waals surface area contributed by atoms with Crippen LogP contribution in [0.4, 0.5) is 5.69 Å². The topological polar surface area (TPSA) is 91.7 Å². The highest BCUT2D eigenvalue weighted by Crippen LogP contribution is 2.27. The van der Waals surface area contributed by atoms with E-state index < -0.39 is 5.91 Å². The Morgan fingerprint density at radius 1 is 0.963 bits per heavy atom. The molecule has 7 nitrogen and oxygen atoms in total. The summed E-state index contributed by atoms with van der Waals surface area (Å²) >= 11 is 0. The predicted octanol–water partition coefficient (Wildman–Crippen LogP) is 3.08. The van der Waals surface area contributed by atoms with E-state index in [1.807, 2.05) is 24.3 Å². The average Bonchev–Trinajstić information content (AvgIpc) is 3.00. The monoisotopic (exact) mass is 365 g/mol. The number of hydrazine groups is 1. The van der Waals surface area contributed by atoms with Crippen LogP contribution in [-0.2, 0) is 16.1 Å². The molecule has 0 radical (unpaired) electrons. The number of para-hydroxylation sites is 2. The van der Waals surface area contributed by atoms with E-state index >= 15 is 0 Å². The van der Waals surface area contributed by atoms with Crippen molar-refractivity contribution >= 4 is 34.4 Å². The van der Waals surface area contributed by atoms with Crippen LogP contribution in [0.15, 0.2) is 59.0 Å². The van der Waals surface area contributed by atoms with Crippen LogP contribution in [0.3, 0.4) is 0 Å². The Labute approximate surface area is 155 Å². The number of hydrogen-bond donors (Lipinski definition) is 2. The molecule has 7 heteroatoms. The lowest BCUT2D eigenvalue weighted by Crippen LogP contribution is -2.43. The lowest BCUT2D eigenvalue weighted by Gasteiger charge is -2.21. The number of furan rings is 1. The number of fused-ring (bicyclic) bond motifs is 1. The van der Waals surface area contributed by atoms with Crippen molar-refractivity contribution in [2.24, 2.45) is 0 Å². The number of amides is 3. The summed E-state index contributed by atoms with van der Waals surface area (Å²) in [4.78, 5) is 36.1. The Bertz CT molecular complexity index is 995. The van der Waals surface area contributed by atoms with E-state index in [0.717, 1.165) is 5.01 Å². The lowest BCUT2D eigenvalue weighted by molar-refractivity contribution is -0.139. The molecule has 2 N–H and O–H groups in total. The third-order valence-corrected chi connectivity index (χ3v) is 3.92. The van der Waals surface area contributed by atoms with E-state index in [1.165, 1.54) is 13.8 Å². The first-order valence-corrected chi connectivity index (χ1v) is 8.38. The standard InChI is InChI=1S/C20H19N3O4/c1-13(24)22-23(14(2)25)12-17-16-10-6-7-11-18(16)27-19(17)20(26)21-15-8-4-3-5-9-15/h3-11H,12H2,1-2H3,(H,21,26)(H,22,24). The van der Waals surface area contributed by atoms with Gasteiger partial charge in [-0.15, -0.1) is 0 Å². The van der Waals surface area contributed by atoms with Crippen LogP contribution < -0.4 is 10.7 Å². The summed E-state index contributed by atoms with van der Waals surface area (Å²) in [5.41, 5.74) is 4.14. The van der Waals surface area contributed by atoms with E-state index in [0.29, 0.717) is 22.2 Å². The molecular weight excluding hydrogens is 346 g/mol. The normalized spacial score (nSPS) is 10.4. The van der Waals surface area contributed by atoms with Crippen molar-refractivity contribution in [2.75, 3.05) is 5.32 Å². The molecule has 0 spiro atoms. The van der Waals surface area contributed by atoms with E-state index in [2.05, 4.69) is 10.7 Å². The molecule has 1 aromatic heterocycles. The highest BCUT2D eigenvalue weighted by molar-refractivity contribution is 6.06. The van der Waals surface area contributed by atoms with Crippen LogP contribution in [0.5, 0.6) is 0 Å². The van der Waals surface area contributed by atoms with Gasteiger partial charge >= 0.3 is 0 Å². The number of rotatable bonds is 4. The SMILES string of the molecule is CC(=O)NN(Cc1c(C(=O)Nc2ccccc2)oc2ccccc12)C(C)=O. The van der Waals surface area contributed by atoms with Crippen molar-refractivity contribution in [2.45, 2.75) is 20.4 Å². The second-order valence-electron chi connectivity index (χ2n) is 6.00. The minimum absolute atomic E-state index is 0.00344. The molecule has 138 valence electrons. The Morgan fingerprint density at radius 2 is 1.63 bits per heavy atom. The fourth-order valence-corrected chi connectivity index (χ4v) is 2.73. The molecule has 0 aliphatic rings. The van der Waals surface area contributed by atoms with Gasteiger partial charge < -0.3 is 9.73 Å². The number of nitrogens with one attached hydrogen (secondary N) is 2. The number of carbonyl (C=O) groups is 3.